The molecule has 5 atom stereocenters. The van der Waals surface area contributed by atoms with Crippen molar-refractivity contribution in [1.82, 2.24) is 20.7 Å². The SMILES string of the molecule is CC1CC(C(=O)N2C[C@H](c3cc(F)cc(F)c3)[C@@H]3[C@H]2C2CCN3CC2)NN1. The number of likely N-dealkylation sites (tertiary alicyclic amines) is 1. The predicted octanol–water partition coefficient (Wildman–Crippen LogP) is 1.61. The minimum atomic E-state index is -0.544. The fourth-order valence-corrected chi connectivity index (χ4v) is 5.83. The smallest absolute Gasteiger partial charge is 0.241 e. The molecule has 146 valence electrons. The summed E-state index contributed by atoms with van der Waals surface area (Å²) in [7, 11) is 0. The molecule has 0 saturated carbocycles. The second-order valence-corrected chi connectivity index (χ2v) is 8.63. The van der Waals surface area contributed by atoms with Crippen molar-refractivity contribution < 1.29 is 13.6 Å². The van der Waals surface area contributed by atoms with Crippen LogP contribution in [0.3, 0.4) is 0 Å². The van der Waals surface area contributed by atoms with E-state index in [-0.39, 0.29) is 36.0 Å². The van der Waals surface area contributed by atoms with Crippen LogP contribution in [0.5, 0.6) is 0 Å². The highest BCUT2D eigenvalue weighted by Gasteiger charge is 2.55. The van der Waals surface area contributed by atoms with Crippen LogP contribution in [-0.2, 0) is 4.79 Å². The highest BCUT2D eigenvalue weighted by atomic mass is 19.1. The Kier molecular flexibility index (Phi) is 4.22. The van der Waals surface area contributed by atoms with Crippen LogP contribution in [0.25, 0.3) is 0 Å². The van der Waals surface area contributed by atoms with Crippen LogP contribution in [-0.4, -0.2) is 59.5 Å². The molecule has 1 aromatic rings. The molecule has 5 heterocycles. The summed E-state index contributed by atoms with van der Waals surface area (Å²) in [5.74, 6) is -0.524. The number of nitrogens with zero attached hydrogens (tertiary/aromatic N) is 2. The molecular formula is C20H26F2N4O. The molecule has 0 radical (unpaired) electrons. The van der Waals surface area contributed by atoms with E-state index in [1.807, 2.05) is 4.90 Å². The molecule has 5 saturated heterocycles. The van der Waals surface area contributed by atoms with Crippen LogP contribution in [0.1, 0.15) is 37.7 Å². The molecule has 2 N–H and O–H groups in total. The summed E-state index contributed by atoms with van der Waals surface area (Å²) in [5.41, 5.74) is 6.93. The monoisotopic (exact) mass is 376 g/mol. The maximum absolute atomic E-state index is 13.9. The van der Waals surface area contributed by atoms with Crippen LogP contribution in [0.2, 0.25) is 0 Å². The molecule has 1 amide bonds. The van der Waals surface area contributed by atoms with Gasteiger partial charge in [-0.25, -0.2) is 14.2 Å². The molecule has 2 unspecified atom stereocenters. The van der Waals surface area contributed by atoms with Crippen LogP contribution in [0, 0.1) is 17.6 Å². The fourth-order valence-electron chi connectivity index (χ4n) is 5.83. The van der Waals surface area contributed by atoms with Gasteiger partial charge in [0.25, 0.3) is 0 Å². The number of halogens is 2. The zero-order chi connectivity index (χ0) is 18.7. The van der Waals surface area contributed by atoms with Gasteiger partial charge >= 0.3 is 0 Å². The van der Waals surface area contributed by atoms with Crippen molar-refractivity contribution in [2.24, 2.45) is 5.92 Å². The van der Waals surface area contributed by atoms with E-state index in [0.717, 1.165) is 38.4 Å². The number of piperidine rings is 3. The van der Waals surface area contributed by atoms with Crippen molar-refractivity contribution >= 4 is 5.91 Å². The van der Waals surface area contributed by atoms with E-state index < -0.39 is 11.6 Å². The number of hydrazine groups is 1. The Morgan fingerprint density at radius 2 is 1.78 bits per heavy atom. The average Bonchev–Trinajstić information content (AvgIpc) is 3.26. The molecular weight excluding hydrogens is 350 g/mol. The summed E-state index contributed by atoms with van der Waals surface area (Å²) in [6.07, 6.45) is 2.96. The van der Waals surface area contributed by atoms with Gasteiger partial charge < -0.3 is 4.90 Å². The standard InChI is InChI=1S/C20H26F2N4O/c1-11-6-17(24-23-11)20(27)26-10-16(13-7-14(21)9-15(22)8-13)19-18(26)12-2-4-25(19)5-3-12/h7-9,11-12,16-19,23-24H,2-6,10H2,1H3/t11?,16-,17?,18-,19-/m1/s1. The summed E-state index contributed by atoms with van der Waals surface area (Å²) in [6.45, 7) is 4.63. The Balaban J connectivity index is 1.49. The number of nitrogens with one attached hydrogen (secondary N) is 2. The third kappa shape index (κ3) is 2.87. The first-order valence-corrected chi connectivity index (χ1v) is 10.0. The second-order valence-electron chi connectivity index (χ2n) is 8.63. The molecule has 5 aliphatic rings. The number of benzene rings is 1. The van der Waals surface area contributed by atoms with Crippen molar-refractivity contribution in [3.05, 3.63) is 35.4 Å². The minimum absolute atomic E-state index is 0.0426. The molecule has 0 aliphatic carbocycles. The fraction of sp³-hybridized carbons (Fsp3) is 0.650. The normalized spacial score (nSPS) is 40.4. The average molecular weight is 376 g/mol. The van der Waals surface area contributed by atoms with E-state index in [1.54, 1.807) is 0 Å². The molecule has 5 fully saturated rings. The molecule has 27 heavy (non-hydrogen) atoms. The summed E-state index contributed by atoms with van der Waals surface area (Å²) in [6, 6.07) is 4.15. The molecule has 5 nitrogen and oxygen atoms in total. The van der Waals surface area contributed by atoms with E-state index in [9.17, 15) is 13.6 Å². The first-order chi connectivity index (χ1) is 13.0. The first kappa shape index (κ1) is 17.5. The Hall–Kier alpha value is -1.57. The zero-order valence-corrected chi connectivity index (χ0v) is 15.5. The van der Waals surface area contributed by atoms with Gasteiger partial charge in [-0.3, -0.25) is 15.1 Å². The maximum atomic E-state index is 13.9. The number of amides is 1. The summed E-state index contributed by atoms with van der Waals surface area (Å²) < 4.78 is 27.8. The number of hydrogen-bond donors (Lipinski definition) is 2. The van der Waals surface area contributed by atoms with Gasteiger partial charge in [0.2, 0.25) is 5.91 Å². The maximum Gasteiger partial charge on any atom is 0.241 e. The number of rotatable bonds is 2. The quantitative estimate of drug-likeness (QED) is 0.823. The van der Waals surface area contributed by atoms with E-state index in [0.29, 0.717) is 18.0 Å². The third-order valence-electron chi connectivity index (χ3n) is 6.98. The van der Waals surface area contributed by atoms with Crippen LogP contribution >= 0.6 is 0 Å². The van der Waals surface area contributed by atoms with Gasteiger partial charge in [0.15, 0.2) is 0 Å². The number of carbonyl (C=O) groups excluding carboxylic acids is 1. The summed E-state index contributed by atoms with van der Waals surface area (Å²) in [4.78, 5) is 17.8. The van der Waals surface area contributed by atoms with E-state index in [4.69, 9.17) is 0 Å². The summed E-state index contributed by atoms with van der Waals surface area (Å²) >= 11 is 0. The molecule has 7 heteroatoms. The van der Waals surface area contributed by atoms with E-state index in [1.165, 1.54) is 12.1 Å². The Morgan fingerprint density at radius 1 is 1.07 bits per heavy atom. The Morgan fingerprint density at radius 3 is 2.41 bits per heavy atom. The van der Waals surface area contributed by atoms with Crippen molar-refractivity contribution in [2.45, 2.75) is 56.3 Å². The molecule has 1 aromatic carbocycles. The zero-order valence-electron chi connectivity index (χ0n) is 15.5. The van der Waals surface area contributed by atoms with Crippen LogP contribution in [0.4, 0.5) is 8.78 Å². The topological polar surface area (TPSA) is 47.6 Å². The predicted molar refractivity (Wildman–Crippen MR) is 96.8 cm³/mol. The van der Waals surface area contributed by atoms with Gasteiger partial charge in [-0.05, 0) is 62.9 Å². The Bertz CT molecular complexity index is 731. The minimum Gasteiger partial charge on any atom is -0.336 e. The molecule has 0 spiro atoms. The summed E-state index contributed by atoms with van der Waals surface area (Å²) in [5, 5.41) is 0. The van der Waals surface area contributed by atoms with Crippen molar-refractivity contribution in [3.63, 3.8) is 0 Å². The molecule has 0 aromatic heterocycles. The number of fused-ring (bicyclic) bond motifs is 2. The van der Waals surface area contributed by atoms with E-state index in [2.05, 4.69) is 22.7 Å². The van der Waals surface area contributed by atoms with Gasteiger partial charge in [-0.15, -0.1) is 0 Å². The molecule has 6 rings (SSSR count). The highest BCUT2D eigenvalue weighted by molar-refractivity contribution is 5.83. The van der Waals surface area contributed by atoms with Gasteiger partial charge in [-0.2, -0.15) is 0 Å². The first-order valence-electron chi connectivity index (χ1n) is 10.0. The van der Waals surface area contributed by atoms with Gasteiger partial charge in [0.1, 0.15) is 17.7 Å². The van der Waals surface area contributed by atoms with Gasteiger partial charge in [0, 0.05) is 30.6 Å². The number of carbonyl (C=O) groups is 1. The molecule has 2 bridgehead atoms. The van der Waals surface area contributed by atoms with Crippen molar-refractivity contribution in [3.8, 4) is 0 Å². The van der Waals surface area contributed by atoms with Crippen molar-refractivity contribution in [2.75, 3.05) is 19.6 Å². The third-order valence-corrected chi connectivity index (χ3v) is 6.98. The van der Waals surface area contributed by atoms with Crippen LogP contribution in [0.15, 0.2) is 18.2 Å². The van der Waals surface area contributed by atoms with Crippen LogP contribution < -0.4 is 10.9 Å². The lowest BCUT2D eigenvalue weighted by atomic mass is 9.75. The number of hydrogen-bond acceptors (Lipinski definition) is 4. The van der Waals surface area contributed by atoms with E-state index >= 15 is 0 Å². The lowest BCUT2D eigenvalue weighted by Crippen LogP contribution is -2.62. The Labute approximate surface area is 158 Å². The largest absolute Gasteiger partial charge is 0.336 e. The lowest BCUT2D eigenvalue weighted by molar-refractivity contribution is -0.138. The highest BCUT2D eigenvalue weighted by Crippen LogP contribution is 2.47. The van der Waals surface area contributed by atoms with Gasteiger partial charge in [0.05, 0.1) is 6.04 Å². The van der Waals surface area contributed by atoms with Crippen molar-refractivity contribution in [1.29, 1.82) is 0 Å². The molecule has 5 aliphatic heterocycles. The van der Waals surface area contributed by atoms with Gasteiger partial charge in [-0.1, -0.05) is 0 Å². The lowest BCUT2D eigenvalue weighted by Gasteiger charge is -2.51. The second kappa shape index (κ2) is 6.50.